The smallest absolute Gasteiger partial charge is 0.123 e. The molecule has 1 N–H and O–H groups in total. The molecule has 1 aromatic heterocycles. The van der Waals surface area contributed by atoms with E-state index in [0.29, 0.717) is 6.42 Å². The van der Waals surface area contributed by atoms with Gasteiger partial charge in [-0.2, -0.15) is 5.26 Å². The maximum atomic E-state index is 13.2. The molecule has 3 aromatic rings. The first-order valence-corrected chi connectivity index (χ1v) is 8.12. The quantitative estimate of drug-likeness (QED) is 0.708. The number of anilines is 1. The molecule has 0 radical (unpaired) electrons. The van der Waals surface area contributed by atoms with Gasteiger partial charge in [-0.25, -0.2) is 4.39 Å². The molecule has 0 amide bonds. The third kappa shape index (κ3) is 4.42. The van der Waals surface area contributed by atoms with E-state index in [2.05, 4.69) is 16.4 Å². The largest absolute Gasteiger partial charge is 0.377 e. The average molecular weight is 331 g/mol. The molecule has 2 unspecified atom stereocenters. The number of pyridine rings is 1. The van der Waals surface area contributed by atoms with Crippen LogP contribution in [0.3, 0.4) is 0 Å². The van der Waals surface area contributed by atoms with Crippen LogP contribution in [0.2, 0.25) is 0 Å². The number of nitriles is 1. The molecule has 0 aliphatic heterocycles. The molecule has 0 fully saturated rings. The van der Waals surface area contributed by atoms with Crippen LogP contribution in [0.5, 0.6) is 0 Å². The molecule has 25 heavy (non-hydrogen) atoms. The molecule has 2 atom stereocenters. The number of halogens is 1. The number of rotatable bonds is 6. The van der Waals surface area contributed by atoms with E-state index in [1.54, 1.807) is 24.5 Å². The van der Waals surface area contributed by atoms with Crippen molar-refractivity contribution in [1.29, 1.82) is 5.26 Å². The third-order valence-electron chi connectivity index (χ3n) is 4.08. The lowest BCUT2D eigenvalue weighted by Crippen LogP contribution is -2.22. The minimum Gasteiger partial charge on any atom is -0.377 e. The third-order valence-corrected chi connectivity index (χ3v) is 4.08. The summed E-state index contributed by atoms with van der Waals surface area (Å²) in [6.07, 6.45) is 4.08. The lowest BCUT2D eigenvalue weighted by atomic mass is 9.89. The Kier molecular flexibility index (Phi) is 5.38. The zero-order valence-electron chi connectivity index (χ0n) is 13.6. The highest BCUT2D eigenvalue weighted by Gasteiger charge is 2.24. The Morgan fingerprint density at radius 1 is 1.00 bits per heavy atom. The Morgan fingerprint density at radius 3 is 2.40 bits per heavy atom. The zero-order chi connectivity index (χ0) is 17.5. The number of hydrogen-bond acceptors (Lipinski definition) is 3. The van der Waals surface area contributed by atoms with Crippen molar-refractivity contribution >= 4 is 5.69 Å². The monoisotopic (exact) mass is 331 g/mol. The van der Waals surface area contributed by atoms with Crippen LogP contribution in [-0.4, -0.2) is 4.98 Å². The van der Waals surface area contributed by atoms with Gasteiger partial charge in [0.1, 0.15) is 5.82 Å². The summed E-state index contributed by atoms with van der Waals surface area (Å²) in [6.45, 7) is 0. The molecule has 1 heterocycles. The normalized spacial score (nSPS) is 12.8. The Hall–Kier alpha value is -3.19. The van der Waals surface area contributed by atoms with Gasteiger partial charge in [0.05, 0.1) is 18.0 Å². The van der Waals surface area contributed by atoms with Crippen LogP contribution in [0.4, 0.5) is 10.1 Å². The van der Waals surface area contributed by atoms with E-state index in [9.17, 15) is 9.65 Å². The molecule has 0 saturated heterocycles. The molecule has 0 aliphatic carbocycles. The second-order valence-electron chi connectivity index (χ2n) is 5.84. The Balaban J connectivity index is 1.89. The Labute approximate surface area is 146 Å². The van der Waals surface area contributed by atoms with Gasteiger partial charge in [0, 0.05) is 18.1 Å². The number of nitrogens with one attached hydrogen (secondary N) is 1. The molecule has 124 valence electrons. The first-order valence-electron chi connectivity index (χ1n) is 8.12. The lowest BCUT2D eigenvalue weighted by molar-refractivity contribution is 0.560. The SMILES string of the molecule is N#CC(Cc1ccccc1)C(Nc1ccc(F)cc1)c1cccnc1. The molecule has 3 rings (SSSR count). The fraction of sp³-hybridized carbons (Fsp3) is 0.143. The number of nitrogens with zero attached hydrogens (tertiary/aromatic N) is 2. The second-order valence-corrected chi connectivity index (χ2v) is 5.84. The van der Waals surface area contributed by atoms with Crippen LogP contribution in [0.15, 0.2) is 79.1 Å². The lowest BCUT2D eigenvalue weighted by Gasteiger charge is -2.25. The van der Waals surface area contributed by atoms with Gasteiger partial charge in [0.2, 0.25) is 0 Å². The van der Waals surface area contributed by atoms with Gasteiger partial charge >= 0.3 is 0 Å². The molecular weight excluding hydrogens is 313 g/mol. The molecule has 0 bridgehead atoms. The van der Waals surface area contributed by atoms with Gasteiger partial charge < -0.3 is 5.32 Å². The molecule has 0 aliphatic rings. The number of hydrogen-bond donors (Lipinski definition) is 1. The molecular formula is C21H18FN3. The van der Waals surface area contributed by atoms with Crippen molar-refractivity contribution in [3.05, 3.63) is 96.1 Å². The average Bonchev–Trinajstić information content (AvgIpc) is 2.67. The van der Waals surface area contributed by atoms with E-state index in [1.165, 1.54) is 12.1 Å². The van der Waals surface area contributed by atoms with Crippen LogP contribution in [-0.2, 0) is 6.42 Å². The van der Waals surface area contributed by atoms with E-state index in [1.807, 2.05) is 42.5 Å². The predicted octanol–water partition coefficient (Wildman–Crippen LogP) is 4.76. The summed E-state index contributed by atoms with van der Waals surface area (Å²) in [7, 11) is 0. The standard InChI is InChI=1S/C21H18FN3/c22-19-8-10-20(11-9-19)25-21(17-7-4-12-24-15-17)18(14-23)13-16-5-2-1-3-6-16/h1-12,15,18,21,25H,13H2. The van der Waals surface area contributed by atoms with Crippen molar-refractivity contribution < 1.29 is 4.39 Å². The first-order chi connectivity index (χ1) is 12.3. The summed E-state index contributed by atoms with van der Waals surface area (Å²) in [6, 6.07) is 22.1. The minimum absolute atomic E-state index is 0.246. The van der Waals surface area contributed by atoms with E-state index in [4.69, 9.17) is 0 Å². The van der Waals surface area contributed by atoms with Crippen LogP contribution in [0.25, 0.3) is 0 Å². The Morgan fingerprint density at radius 2 is 1.76 bits per heavy atom. The summed E-state index contributed by atoms with van der Waals surface area (Å²) in [5.74, 6) is -0.582. The maximum absolute atomic E-state index is 13.2. The fourth-order valence-corrected chi connectivity index (χ4v) is 2.81. The van der Waals surface area contributed by atoms with E-state index < -0.39 is 0 Å². The summed E-state index contributed by atoms with van der Waals surface area (Å²) in [4.78, 5) is 4.18. The van der Waals surface area contributed by atoms with Gasteiger partial charge in [-0.15, -0.1) is 0 Å². The van der Waals surface area contributed by atoms with Crippen LogP contribution >= 0.6 is 0 Å². The van der Waals surface area contributed by atoms with Crippen molar-refractivity contribution in [3.8, 4) is 6.07 Å². The van der Waals surface area contributed by atoms with Gasteiger partial charge in [-0.1, -0.05) is 36.4 Å². The van der Waals surface area contributed by atoms with E-state index >= 15 is 0 Å². The minimum atomic E-state index is -0.295. The van der Waals surface area contributed by atoms with E-state index in [0.717, 1.165) is 16.8 Å². The predicted molar refractivity (Wildman–Crippen MR) is 96.2 cm³/mol. The molecule has 3 nitrogen and oxygen atoms in total. The van der Waals surface area contributed by atoms with Crippen molar-refractivity contribution in [3.63, 3.8) is 0 Å². The van der Waals surface area contributed by atoms with Crippen molar-refractivity contribution in [2.75, 3.05) is 5.32 Å². The Bertz CT molecular complexity index is 827. The fourth-order valence-electron chi connectivity index (χ4n) is 2.81. The summed E-state index contributed by atoms with van der Waals surface area (Å²) in [5.41, 5.74) is 2.79. The summed E-state index contributed by atoms with van der Waals surface area (Å²) in [5, 5.41) is 13.1. The second kappa shape index (κ2) is 8.07. The van der Waals surface area contributed by atoms with Gasteiger partial charge in [-0.3, -0.25) is 4.98 Å². The highest BCUT2D eigenvalue weighted by Crippen LogP contribution is 2.29. The first kappa shape index (κ1) is 16.7. The topological polar surface area (TPSA) is 48.7 Å². The van der Waals surface area contributed by atoms with Crippen LogP contribution in [0.1, 0.15) is 17.2 Å². The number of benzene rings is 2. The van der Waals surface area contributed by atoms with Crippen molar-refractivity contribution in [2.45, 2.75) is 12.5 Å². The van der Waals surface area contributed by atoms with Crippen LogP contribution in [0, 0.1) is 23.1 Å². The summed E-state index contributed by atoms with van der Waals surface area (Å²) >= 11 is 0. The van der Waals surface area contributed by atoms with Crippen LogP contribution < -0.4 is 5.32 Å². The summed E-state index contributed by atoms with van der Waals surface area (Å²) < 4.78 is 13.2. The zero-order valence-corrected chi connectivity index (χ0v) is 13.6. The number of aromatic nitrogens is 1. The molecule has 4 heteroatoms. The maximum Gasteiger partial charge on any atom is 0.123 e. The van der Waals surface area contributed by atoms with E-state index in [-0.39, 0.29) is 17.8 Å². The molecule has 0 spiro atoms. The van der Waals surface area contributed by atoms with Crippen molar-refractivity contribution in [1.82, 2.24) is 4.98 Å². The molecule has 0 saturated carbocycles. The highest BCUT2D eigenvalue weighted by molar-refractivity contribution is 5.46. The van der Waals surface area contributed by atoms with Crippen molar-refractivity contribution in [2.24, 2.45) is 5.92 Å². The van der Waals surface area contributed by atoms with Gasteiger partial charge in [0.15, 0.2) is 0 Å². The van der Waals surface area contributed by atoms with Gasteiger partial charge in [-0.05, 0) is 47.9 Å². The molecule has 2 aromatic carbocycles. The highest BCUT2D eigenvalue weighted by atomic mass is 19.1. The van der Waals surface area contributed by atoms with Gasteiger partial charge in [0.25, 0.3) is 0 Å².